The molecular formula is C19H15F3N2O4. The average molecular weight is 392 g/mol. The Labute approximate surface area is 157 Å². The highest BCUT2D eigenvalue weighted by atomic mass is 19.4. The van der Waals surface area contributed by atoms with Crippen LogP contribution in [0.4, 0.5) is 18.9 Å². The molecule has 0 aliphatic rings. The molecule has 146 valence electrons. The van der Waals surface area contributed by atoms with E-state index in [1.165, 1.54) is 19.1 Å². The second-order valence-electron chi connectivity index (χ2n) is 5.88. The van der Waals surface area contributed by atoms with E-state index in [1.54, 1.807) is 12.1 Å². The van der Waals surface area contributed by atoms with Crippen LogP contribution in [0, 0.1) is 0 Å². The number of fused-ring (bicyclic) bond motifs is 1. The first kappa shape index (κ1) is 19.3. The first-order valence-corrected chi connectivity index (χ1v) is 8.17. The van der Waals surface area contributed by atoms with Gasteiger partial charge in [0.2, 0.25) is 0 Å². The van der Waals surface area contributed by atoms with E-state index >= 15 is 0 Å². The second kappa shape index (κ2) is 7.63. The van der Waals surface area contributed by atoms with Crippen LogP contribution in [0.5, 0.6) is 5.75 Å². The maximum Gasteiger partial charge on any atom is 0.573 e. The molecule has 0 spiro atoms. The van der Waals surface area contributed by atoms with Crippen LogP contribution >= 0.6 is 0 Å². The topological polar surface area (TPSA) is 80.4 Å². The summed E-state index contributed by atoms with van der Waals surface area (Å²) in [6.45, 7) is 1.39. The zero-order chi connectivity index (χ0) is 20.3. The lowest BCUT2D eigenvalue weighted by atomic mass is 10.2. The third-order valence-electron chi connectivity index (χ3n) is 3.76. The molecule has 3 rings (SSSR count). The van der Waals surface area contributed by atoms with E-state index in [9.17, 15) is 22.8 Å². The molecule has 0 aliphatic carbocycles. The van der Waals surface area contributed by atoms with Crippen molar-refractivity contribution in [1.29, 1.82) is 0 Å². The van der Waals surface area contributed by atoms with Crippen LogP contribution in [0.2, 0.25) is 0 Å². The van der Waals surface area contributed by atoms with Crippen molar-refractivity contribution in [2.24, 2.45) is 0 Å². The third-order valence-corrected chi connectivity index (χ3v) is 3.76. The van der Waals surface area contributed by atoms with Crippen molar-refractivity contribution in [2.75, 3.05) is 5.32 Å². The van der Waals surface area contributed by atoms with Gasteiger partial charge in [0.25, 0.3) is 5.91 Å². The molecule has 2 N–H and O–H groups in total. The number of rotatable bonds is 5. The van der Waals surface area contributed by atoms with E-state index in [0.29, 0.717) is 0 Å². The number of carbonyl (C=O) groups excluding carboxylic acids is 2. The molecule has 1 aromatic heterocycles. The van der Waals surface area contributed by atoms with Crippen LogP contribution < -0.4 is 10.1 Å². The number of H-pyrrole nitrogens is 1. The summed E-state index contributed by atoms with van der Waals surface area (Å²) in [5, 5.41) is 3.28. The fourth-order valence-electron chi connectivity index (χ4n) is 2.44. The predicted molar refractivity (Wildman–Crippen MR) is 94.9 cm³/mol. The van der Waals surface area contributed by atoms with Crippen molar-refractivity contribution in [3.05, 3.63) is 60.3 Å². The first-order chi connectivity index (χ1) is 13.2. The molecule has 0 radical (unpaired) electrons. The van der Waals surface area contributed by atoms with Gasteiger partial charge in [-0.2, -0.15) is 0 Å². The summed E-state index contributed by atoms with van der Waals surface area (Å²) in [6, 6.07) is 13.5. The van der Waals surface area contributed by atoms with Gasteiger partial charge in [0.15, 0.2) is 6.10 Å². The molecular weight excluding hydrogens is 377 g/mol. The minimum atomic E-state index is -4.80. The van der Waals surface area contributed by atoms with E-state index < -0.39 is 30.1 Å². The van der Waals surface area contributed by atoms with Crippen LogP contribution in [0.25, 0.3) is 10.9 Å². The van der Waals surface area contributed by atoms with Crippen molar-refractivity contribution < 1.29 is 32.2 Å². The highest BCUT2D eigenvalue weighted by Crippen LogP contribution is 2.24. The van der Waals surface area contributed by atoms with Gasteiger partial charge in [-0.25, -0.2) is 4.79 Å². The molecule has 0 bridgehead atoms. The van der Waals surface area contributed by atoms with Crippen molar-refractivity contribution in [3.8, 4) is 5.75 Å². The van der Waals surface area contributed by atoms with Gasteiger partial charge in [0.05, 0.1) is 0 Å². The summed E-state index contributed by atoms with van der Waals surface area (Å²) >= 11 is 0. The average Bonchev–Trinajstić information content (AvgIpc) is 3.06. The summed E-state index contributed by atoms with van der Waals surface area (Å²) in [7, 11) is 0. The number of hydrogen-bond acceptors (Lipinski definition) is 4. The van der Waals surface area contributed by atoms with Crippen LogP contribution in [-0.4, -0.2) is 29.3 Å². The number of amides is 1. The number of ether oxygens (including phenoxy) is 2. The zero-order valence-corrected chi connectivity index (χ0v) is 14.5. The van der Waals surface area contributed by atoms with Gasteiger partial charge >= 0.3 is 12.3 Å². The van der Waals surface area contributed by atoms with Gasteiger partial charge in [-0.3, -0.25) is 4.79 Å². The molecule has 0 saturated heterocycles. The summed E-state index contributed by atoms with van der Waals surface area (Å²) in [5.41, 5.74) is 1.19. The molecule has 3 aromatic rings. The van der Waals surface area contributed by atoms with Gasteiger partial charge in [0, 0.05) is 16.6 Å². The molecule has 1 atom stereocenters. The SMILES string of the molecule is C[C@@H](OC(=O)c1cc2ccccc2[nH]1)C(=O)Nc1ccc(OC(F)(F)F)cc1. The number of benzene rings is 2. The predicted octanol–water partition coefficient (Wildman–Crippen LogP) is 4.25. The number of halogens is 3. The Balaban J connectivity index is 1.58. The quantitative estimate of drug-likeness (QED) is 0.636. The van der Waals surface area contributed by atoms with E-state index in [1.807, 2.05) is 18.2 Å². The Bertz CT molecular complexity index is 963. The van der Waals surface area contributed by atoms with Crippen LogP contribution in [-0.2, 0) is 9.53 Å². The van der Waals surface area contributed by atoms with Crippen LogP contribution in [0.1, 0.15) is 17.4 Å². The van der Waals surface area contributed by atoms with E-state index in [4.69, 9.17) is 4.74 Å². The van der Waals surface area contributed by atoms with Crippen molar-refractivity contribution >= 4 is 28.5 Å². The number of aromatic amines is 1. The minimum Gasteiger partial charge on any atom is -0.448 e. The molecule has 0 saturated carbocycles. The number of esters is 1. The maximum absolute atomic E-state index is 12.2. The molecule has 1 amide bonds. The molecule has 0 fully saturated rings. The summed E-state index contributed by atoms with van der Waals surface area (Å²) in [4.78, 5) is 27.3. The Kier molecular flexibility index (Phi) is 5.25. The largest absolute Gasteiger partial charge is 0.573 e. The van der Waals surface area contributed by atoms with Gasteiger partial charge in [-0.1, -0.05) is 18.2 Å². The fourth-order valence-corrected chi connectivity index (χ4v) is 2.44. The number of aromatic nitrogens is 1. The van der Waals surface area contributed by atoms with Crippen LogP contribution in [0.15, 0.2) is 54.6 Å². The molecule has 6 nitrogen and oxygen atoms in total. The van der Waals surface area contributed by atoms with Crippen molar-refractivity contribution in [3.63, 3.8) is 0 Å². The molecule has 28 heavy (non-hydrogen) atoms. The maximum atomic E-state index is 12.2. The van der Waals surface area contributed by atoms with Crippen LogP contribution in [0.3, 0.4) is 0 Å². The molecule has 0 aliphatic heterocycles. The smallest absolute Gasteiger partial charge is 0.448 e. The van der Waals surface area contributed by atoms with Gasteiger partial charge < -0.3 is 19.8 Å². The Morgan fingerprint density at radius 1 is 1.07 bits per heavy atom. The lowest BCUT2D eigenvalue weighted by Crippen LogP contribution is -2.30. The van der Waals surface area contributed by atoms with Crippen molar-refractivity contribution in [2.45, 2.75) is 19.4 Å². The Morgan fingerprint density at radius 3 is 2.39 bits per heavy atom. The number of hydrogen-bond donors (Lipinski definition) is 2. The van der Waals surface area contributed by atoms with E-state index in [0.717, 1.165) is 23.0 Å². The lowest BCUT2D eigenvalue weighted by Gasteiger charge is -2.13. The number of carbonyl (C=O) groups is 2. The number of para-hydroxylation sites is 1. The summed E-state index contributed by atoms with van der Waals surface area (Å²) in [5.74, 6) is -1.74. The fraction of sp³-hybridized carbons (Fsp3) is 0.158. The second-order valence-corrected chi connectivity index (χ2v) is 5.88. The number of alkyl halides is 3. The van der Waals surface area contributed by atoms with E-state index in [2.05, 4.69) is 15.0 Å². The molecule has 1 heterocycles. The summed E-state index contributed by atoms with van der Waals surface area (Å²) < 4.78 is 45.3. The molecule has 2 aromatic carbocycles. The Morgan fingerprint density at radius 2 is 1.75 bits per heavy atom. The molecule has 0 unspecified atom stereocenters. The third kappa shape index (κ3) is 4.81. The van der Waals surface area contributed by atoms with E-state index in [-0.39, 0.29) is 11.4 Å². The van der Waals surface area contributed by atoms with Crippen molar-refractivity contribution in [1.82, 2.24) is 4.98 Å². The molecule has 9 heteroatoms. The van der Waals surface area contributed by atoms with Gasteiger partial charge in [-0.15, -0.1) is 13.2 Å². The zero-order valence-electron chi connectivity index (χ0n) is 14.5. The van der Waals surface area contributed by atoms with Gasteiger partial charge in [-0.05, 0) is 43.3 Å². The van der Waals surface area contributed by atoms with Gasteiger partial charge in [0.1, 0.15) is 11.4 Å². The standard InChI is InChI=1S/C19H15F3N2O4/c1-11(27-18(26)16-10-12-4-2-3-5-15(12)24-16)17(25)23-13-6-8-14(9-7-13)28-19(20,21)22/h2-11,24H,1H3,(H,23,25)/t11-/m1/s1. The highest BCUT2D eigenvalue weighted by Gasteiger charge is 2.31. The monoisotopic (exact) mass is 392 g/mol. The normalized spacial score (nSPS) is 12.4. The minimum absolute atomic E-state index is 0.203. The summed E-state index contributed by atoms with van der Waals surface area (Å²) in [6.07, 6.45) is -5.92. The lowest BCUT2D eigenvalue weighted by molar-refractivity contribution is -0.274. The number of anilines is 1. The highest BCUT2D eigenvalue weighted by molar-refractivity contribution is 5.98. The Hall–Kier alpha value is -3.49. The first-order valence-electron chi connectivity index (χ1n) is 8.17. The number of nitrogens with one attached hydrogen (secondary N) is 2.